The first-order valence-corrected chi connectivity index (χ1v) is 5.73. The van der Waals surface area contributed by atoms with Gasteiger partial charge >= 0.3 is 0 Å². The SMILES string of the molecule is C=C(CCl)CN(C)Cc1ccc(OC)cc1. The predicted molar refractivity (Wildman–Crippen MR) is 69.2 cm³/mol. The highest BCUT2D eigenvalue weighted by molar-refractivity contribution is 6.19. The Balaban J connectivity index is 2.49. The van der Waals surface area contributed by atoms with Crippen molar-refractivity contribution in [2.75, 3.05) is 26.6 Å². The van der Waals surface area contributed by atoms with E-state index >= 15 is 0 Å². The van der Waals surface area contributed by atoms with E-state index < -0.39 is 0 Å². The smallest absolute Gasteiger partial charge is 0.118 e. The van der Waals surface area contributed by atoms with Gasteiger partial charge in [-0.1, -0.05) is 18.7 Å². The fourth-order valence-corrected chi connectivity index (χ4v) is 1.61. The van der Waals surface area contributed by atoms with Gasteiger partial charge in [0.05, 0.1) is 7.11 Å². The minimum atomic E-state index is 0.521. The molecule has 0 aliphatic rings. The van der Waals surface area contributed by atoms with Gasteiger partial charge in [0.15, 0.2) is 0 Å². The first-order chi connectivity index (χ1) is 7.65. The molecule has 1 aromatic carbocycles. The summed E-state index contributed by atoms with van der Waals surface area (Å²) in [5.74, 6) is 1.41. The molecule has 1 rings (SSSR count). The van der Waals surface area contributed by atoms with Crippen molar-refractivity contribution in [3.8, 4) is 5.75 Å². The molecular formula is C13H18ClNO. The summed E-state index contributed by atoms with van der Waals surface area (Å²) in [6, 6.07) is 8.08. The molecule has 0 unspecified atom stereocenters. The van der Waals surface area contributed by atoms with Crippen molar-refractivity contribution in [2.24, 2.45) is 0 Å². The maximum Gasteiger partial charge on any atom is 0.118 e. The van der Waals surface area contributed by atoms with Crippen molar-refractivity contribution in [1.29, 1.82) is 0 Å². The normalized spacial score (nSPS) is 10.5. The average Bonchev–Trinajstić information content (AvgIpc) is 2.29. The predicted octanol–water partition coefficient (Wildman–Crippen LogP) is 2.92. The van der Waals surface area contributed by atoms with Gasteiger partial charge in [-0.25, -0.2) is 0 Å². The largest absolute Gasteiger partial charge is 0.497 e. The average molecular weight is 240 g/mol. The highest BCUT2D eigenvalue weighted by Crippen LogP contribution is 2.12. The van der Waals surface area contributed by atoms with Crippen molar-refractivity contribution >= 4 is 11.6 Å². The Morgan fingerprint density at radius 2 is 2.00 bits per heavy atom. The van der Waals surface area contributed by atoms with E-state index in [1.54, 1.807) is 7.11 Å². The van der Waals surface area contributed by atoms with E-state index in [4.69, 9.17) is 16.3 Å². The molecule has 0 aromatic heterocycles. The third-order valence-electron chi connectivity index (χ3n) is 2.29. The fourth-order valence-electron chi connectivity index (χ4n) is 1.52. The monoisotopic (exact) mass is 239 g/mol. The lowest BCUT2D eigenvalue weighted by molar-refractivity contribution is 0.355. The van der Waals surface area contributed by atoms with Gasteiger partial charge in [-0.2, -0.15) is 0 Å². The Kier molecular flexibility index (Phi) is 5.36. The van der Waals surface area contributed by atoms with E-state index in [2.05, 4.69) is 30.7 Å². The molecule has 88 valence electrons. The Hall–Kier alpha value is -0.990. The van der Waals surface area contributed by atoms with Crippen LogP contribution < -0.4 is 4.74 Å². The van der Waals surface area contributed by atoms with Crippen LogP contribution in [0, 0.1) is 0 Å². The number of nitrogens with zero attached hydrogens (tertiary/aromatic N) is 1. The van der Waals surface area contributed by atoms with E-state index in [1.165, 1.54) is 5.56 Å². The number of hydrogen-bond acceptors (Lipinski definition) is 2. The Labute approximate surface area is 102 Å². The van der Waals surface area contributed by atoms with E-state index in [0.29, 0.717) is 5.88 Å². The van der Waals surface area contributed by atoms with Gasteiger partial charge in [-0.05, 0) is 30.3 Å². The van der Waals surface area contributed by atoms with E-state index in [9.17, 15) is 0 Å². The van der Waals surface area contributed by atoms with Crippen LogP contribution in [-0.4, -0.2) is 31.5 Å². The maximum absolute atomic E-state index is 5.70. The first-order valence-electron chi connectivity index (χ1n) is 5.19. The van der Waals surface area contributed by atoms with Gasteiger partial charge in [0.2, 0.25) is 0 Å². The molecule has 3 heteroatoms. The van der Waals surface area contributed by atoms with Gasteiger partial charge in [0.1, 0.15) is 5.75 Å². The lowest BCUT2D eigenvalue weighted by Crippen LogP contribution is -2.20. The van der Waals surface area contributed by atoms with Crippen LogP contribution in [0.2, 0.25) is 0 Å². The maximum atomic E-state index is 5.70. The number of benzene rings is 1. The molecular weight excluding hydrogens is 222 g/mol. The second kappa shape index (κ2) is 6.56. The highest BCUT2D eigenvalue weighted by Gasteiger charge is 2.02. The molecule has 0 heterocycles. The topological polar surface area (TPSA) is 12.5 Å². The zero-order chi connectivity index (χ0) is 12.0. The Bertz CT molecular complexity index is 334. The minimum absolute atomic E-state index is 0.521. The quantitative estimate of drug-likeness (QED) is 0.559. The van der Waals surface area contributed by atoms with Gasteiger partial charge in [0.25, 0.3) is 0 Å². The summed E-state index contributed by atoms with van der Waals surface area (Å²) >= 11 is 5.70. The van der Waals surface area contributed by atoms with Gasteiger partial charge < -0.3 is 4.74 Å². The van der Waals surface area contributed by atoms with Crippen molar-refractivity contribution < 1.29 is 4.74 Å². The van der Waals surface area contributed by atoms with Crippen LogP contribution in [0.1, 0.15) is 5.56 Å². The molecule has 0 amide bonds. The molecule has 1 aromatic rings. The number of ether oxygens (including phenoxy) is 1. The van der Waals surface area contributed by atoms with Crippen LogP contribution in [0.5, 0.6) is 5.75 Å². The summed E-state index contributed by atoms with van der Waals surface area (Å²) in [5.41, 5.74) is 2.29. The Morgan fingerprint density at radius 1 is 1.38 bits per heavy atom. The number of halogens is 1. The zero-order valence-electron chi connectivity index (χ0n) is 9.87. The number of methoxy groups -OCH3 is 1. The van der Waals surface area contributed by atoms with Crippen molar-refractivity contribution in [3.05, 3.63) is 42.0 Å². The van der Waals surface area contributed by atoms with Crippen molar-refractivity contribution in [3.63, 3.8) is 0 Å². The molecule has 0 N–H and O–H groups in total. The second-order valence-electron chi connectivity index (χ2n) is 3.90. The van der Waals surface area contributed by atoms with Gasteiger partial charge in [0, 0.05) is 19.0 Å². The summed E-state index contributed by atoms with van der Waals surface area (Å²) < 4.78 is 5.11. The molecule has 0 fully saturated rings. The van der Waals surface area contributed by atoms with Crippen molar-refractivity contribution in [1.82, 2.24) is 4.90 Å². The van der Waals surface area contributed by atoms with Crippen LogP contribution in [0.4, 0.5) is 0 Å². The summed E-state index contributed by atoms with van der Waals surface area (Å²) in [6.07, 6.45) is 0. The second-order valence-corrected chi connectivity index (χ2v) is 4.17. The molecule has 0 atom stereocenters. The summed E-state index contributed by atoms with van der Waals surface area (Å²) in [7, 11) is 3.73. The van der Waals surface area contributed by atoms with Crippen LogP contribution in [0.3, 0.4) is 0 Å². The summed E-state index contributed by atoms with van der Waals surface area (Å²) in [6.45, 7) is 5.61. The summed E-state index contributed by atoms with van der Waals surface area (Å²) in [4.78, 5) is 2.19. The molecule has 2 nitrogen and oxygen atoms in total. The van der Waals surface area contributed by atoms with Gasteiger partial charge in [-0.15, -0.1) is 11.6 Å². The van der Waals surface area contributed by atoms with Crippen LogP contribution in [-0.2, 0) is 6.54 Å². The molecule has 0 saturated carbocycles. The molecule has 0 radical (unpaired) electrons. The number of alkyl halides is 1. The zero-order valence-corrected chi connectivity index (χ0v) is 10.6. The first kappa shape index (κ1) is 13.1. The lowest BCUT2D eigenvalue weighted by Gasteiger charge is -2.17. The fraction of sp³-hybridized carbons (Fsp3) is 0.385. The van der Waals surface area contributed by atoms with Crippen LogP contribution in [0.15, 0.2) is 36.4 Å². The van der Waals surface area contributed by atoms with Crippen LogP contribution in [0.25, 0.3) is 0 Å². The lowest BCUT2D eigenvalue weighted by atomic mass is 10.2. The molecule has 0 aliphatic heterocycles. The number of hydrogen-bond donors (Lipinski definition) is 0. The summed E-state index contributed by atoms with van der Waals surface area (Å²) in [5, 5.41) is 0. The molecule has 0 aliphatic carbocycles. The van der Waals surface area contributed by atoms with E-state index in [0.717, 1.165) is 24.4 Å². The van der Waals surface area contributed by atoms with Crippen LogP contribution >= 0.6 is 11.6 Å². The highest BCUT2D eigenvalue weighted by atomic mass is 35.5. The standard InChI is InChI=1S/C13H18ClNO/c1-11(8-14)9-15(2)10-12-4-6-13(16-3)7-5-12/h4-7H,1,8-10H2,2-3H3. The third kappa shape index (κ3) is 4.25. The van der Waals surface area contributed by atoms with E-state index in [-0.39, 0.29) is 0 Å². The Morgan fingerprint density at radius 3 is 2.50 bits per heavy atom. The number of rotatable bonds is 6. The minimum Gasteiger partial charge on any atom is -0.497 e. The number of likely N-dealkylation sites (N-methyl/N-ethyl adjacent to an activating group) is 1. The molecule has 0 bridgehead atoms. The molecule has 16 heavy (non-hydrogen) atoms. The van der Waals surface area contributed by atoms with E-state index in [1.807, 2.05) is 12.1 Å². The van der Waals surface area contributed by atoms with Crippen molar-refractivity contribution in [2.45, 2.75) is 6.54 Å². The third-order valence-corrected chi connectivity index (χ3v) is 2.67. The molecule has 0 saturated heterocycles. The van der Waals surface area contributed by atoms with Gasteiger partial charge in [-0.3, -0.25) is 4.90 Å². The molecule has 0 spiro atoms.